The van der Waals surface area contributed by atoms with Crippen molar-refractivity contribution in [1.29, 1.82) is 0 Å². The van der Waals surface area contributed by atoms with E-state index in [0.717, 1.165) is 12.8 Å². The van der Waals surface area contributed by atoms with Crippen LogP contribution in [0.25, 0.3) is 0 Å². The summed E-state index contributed by atoms with van der Waals surface area (Å²) in [6, 6.07) is 0. The molecule has 0 rings (SSSR count). The largest absolute Gasteiger partial charge is 0.460 e. The topological polar surface area (TPSA) is 73.9 Å². The Bertz CT molecular complexity index is 291. The van der Waals surface area contributed by atoms with Crippen LogP contribution in [0.5, 0.6) is 0 Å². The van der Waals surface area contributed by atoms with Crippen LogP contribution in [-0.4, -0.2) is 45.0 Å². The van der Waals surface area contributed by atoms with Crippen LogP contribution in [0.15, 0.2) is 12.2 Å². The molecule has 0 atom stereocenters. The second-order valence-corrected chi connectivity index (χ2v) is 3.88. The first-order valence-corrected chi connectivity index (χ1v) is 6.39. The van der Waals surface area contributed by atoms with Gasteiger partial charge in [-0.3, -0.25) is 0 Å². The summed E-state index contributed by atoms with van der Waals surface area (Å²) in [6.07, 6.45) is 1.11. The van der Waals surface area contributed by atoms with E-state index in [9.17, 15) is 9.59 Å². The highest BCUT2D eigenvalue weighted by molar-refractivity contribution is 5.86. The molecule has 0 aliphatic carbocycles. The van der Waals surface area contributed by atoms with E-state index in [1.165, 1.54) is 0 Å². The van der Waals surface area contributed by atoms with Gasteiger partial charge in [0.15, 0.2) is 0 Å². The molecule has 0 aromatic carbocycles. The summed E-state index contributed by atoms with van der Waals surface area (Å²) in [7, 11) is 0. The van der Waals surface area contributed by atoms with Crippen LogP contribution in [-0.2, 0) is 19.0 Å². The number of carbonyl (C=O) groups excluding carboxylic acids is 2. The van der Waals surface area contributed by atoms with Crippen molar-refractivity contribution in [1.82, 2.24) is 5.32 Å². The molecule has 0 spiro atoms. The van der Waals surface area contributed by atoms with Gasteiger partial charge in [-0.25, -0.2) is 9.59 Å². The predicted molar refractivity (Wildman–Crippen MR) is 70.9 cm³/mol. The molecule has 0 bridgehead atoms. The van der Waals surface area contributed by atoms with Crippen LogP contribution in [0.1, 0.15) is 26.7 Å². The number of amides is 1. The fraction of sp³-hybridized carbons (Fsp3) is 0.692. The monoisotopic (exact) mass is 273 g/mol. The van der Waals surface area contributed by atoms with Gasteiger partial charge in [-0.1, -0.05) is 6.58 Å². The molecular formula is C13H23NO5. The van der Waals surface area contributed by atoms with Gasteiger partial charge >= 0.3 is 12.1 Å². The van der Waals surface area contributed by atoms with Crippen molar-refractivity contribution in [2.75, 3.05) is 33.0 Å². The lowest BCUT2D eigenvalue weighted by atomic mass is 10.3. The van der Waals surface area contributed by atoms with Gasteiger partial charge in [0.05, 0.1) is 13.2 Å². The first-order valence-electron chi connectivity index (χ1n) is 6.39. The van der Waals surface area contributed by atoms with E-state index in [4.69, 9.17) is 14.2 Å². The Morgan fingerprint density at radius 1 is 1.11 bits per heavy atom. The predicted octanol–water partition coefficient (Wildman–Crippen LogP) is 1.65. The van der Waals surface area contributed by atoms with Crippen molar-refractivity contribution < 1.29 is 23.8 Å². The summed E-state index contributed by atoms with van der Waals surface area (Å²) in [4.78, 5) is 22.2. The zero-order valence-electron chi connectivity index (χ0n) is 11.7. The Labute approximate surface area is 114 Å². The number of alkyl carbamates (subject to hydrolysis) is 1. The molecule has 0 radical (unpaired) electrons. The van der Waals surface area contributed by atoms with E-state index >= 15 is 0 Å². The quantitative estimate of drug-likeness (QED) is 0.372. The maximum Gasteiger partial charge on any atom is 0.407 e. The van der Waals surface area contributed by atoms with E-state index < -0.39 is 12.1 Å². The summed E-state index contributed by atoms with van der Waals surface area (Å²) in [5.41, 5.74) is 0.330. The third-order valence-corrected chi connectivity index (χ3v) is 2.07. The molecular weight excluding hydrogens is 250 g/mol. The van der Waals surface area contributed by atoms with Crippen molar-refractivity contribution in [3.63, 3.8) is 0 Å². The molecule has 0 saturated carbocycles. The maximum atomic E-state index is 11.2. The average molecular weight is 273 g/mol. The molecule has 1 N–H and O–H groups in total. The van der Waals surface area contributed by atoms with Gasteiger partial charge in [0.1, 0.15) is 6.61 Å². The van der Waals surface area contributed by atoms with Gasteiger partial charge in [-0.2, -0.15) is 0 Å². The highest BCUT2D eigenvalue weighted by Crippen LogP contribution is 1.93. The fourth-order valence-corrected chi connectivity index (χ4v) is 1.09. The number of unbranched alkanes of at least 4 members (excludes halogenated alkanes) is 1. The molecule has 0 heterocycles. The second-order valence-electron chi connectivity index (χ2n) is 3.88. The van der Waals surface area contributed by atoms with Gasteiger partial charge < -0.3 is 19.5 Å². The molecule has 0 aliphatic heterocycles. The zero-order chi connectivity index (χ0) is 14.5. The standard InChI is InChI=1S/C13H23NO5/c1-4-17-8-5-6-9-19-13(16)14-7-10-18-12(15)11(2)3/h2,4-10H2,1,3H3,(H,14,16). The molecule has 0 saturated heterocycles. The molecule has 110 valence electrons. The first-order chi connectivity index (χ1) is 9.07. The van der Waals surface area contributed by atoms with Crippen molar-refractivity contribution in [3.8, 4) is 0 Å². The average Bonchev–Trinajstić information content (AvgIpc) is 2.38. The van der Waals surface area contributed by atoms with Gasteiger partial charge in [0, 0.05) is 18.8 Å². The first kappa shape index (κ1) is 17.4. The van der Waals surface area contributed by atoms with E-state index in [-0.39, 0.29) is 13.2 Å². The minimum Gasteiger partial charge on any atom is -0.460 e. The summed E-state index contributed by atoms with van der Waals surface area (Å²) in [5, 5.41) is 2.48. The maximum absolute atomic E-state index is 11.2. The summed E-state index contributed by atoms with van der Waals surface area (Å²) in [5.74, 6) is -0.467. The molecule has 0 aromatic heterocycles. The number of ether oxygens (including phenoxy) is 3. The number of nitrogens with one attached hydrogen (secondary N) is 1. The Hall–Kier alpha value is -1.56. The Morgan fingerprint density at radius 3 is 2.42 bits per heavy atom. The summed E-state index contributed by atoms with van der Waals surface area (Å²) >= 11 is 0. The van der Waals surface area contributed by atoms with Gasteiger partial charge in [-0.15, -0.1) is 0 Å². The van der Waals surface area contributed by atoms with Gasteiger partial charge in [-0.05, 0) is 26.7 Å². The van der Waals surface area contributed by atoms with Crippen molar-refractivity contribution in [3.05, 3.63) is 12.2 Å². The van der Waals surface area contributed by atoms with E-state index in [1.807, 2.05) is 6.92 Å². The van der Waals surface area contributed by atoms with Gasteiger partial charge in [0.2, 0.25) is 0 Å². The number of hydrogen-bond acceptors (Lipinski definition) is 5. The second kappa shape index (κ2) is 11.5. The van der Waals surface area contributed by atoms with E-state index in [2.05, 4.69) is 11.9 Å². The molecule has 0 aliphatic rings. The molecule has 19 heavy (non-hydrogen) atoms. The smallest absolute Gasteiger partial charge is 0.407 e. The zero-order valence-corrected chi connectivity index (χ0v) is 11.7. The number of hydrogen-bond donors (Lipinski definition) is 1. The molecule has 6 heteroatoms. The fourth-order valence-electron chi connectivity index (χ4n) is 1.09. The lowest BCUT2D eigenvalue weighted by Gasteiger charge is -2.07. The lowest BCUT2D eigenvalue weighted by Crippen LogP contribution is -2.29. The molecule has 0 fully saturated rings. The highest BCUT2D eigenvalue weighted by atomic mass is 16.6. The van der Waals surface area contributed by atoms with Crippen LogP contribution < -0.4 is 5.32 Å². The summed E-state index contributed by atoms with van der Waals surface area (Å²) < 4.78 is 14.9. The Balaban J connectivity index is 3.35. The third kappa shape index (κ3) is 11.3. The molecule has 0 aromatic rings. The number of carbonyl (C=O) groups is 2. The Kier molecular flexibility index (Phi) is 10.6. The van der Waals surface area contributed by atoms with Crippen LogP contribution in [0.2, 0.25) is 0 Å². The number of rotatable bonds is 10. The van der Waals surface area contributed by atoms with Crippen LogP contribution >= 0.6 is 0 Å². The van der Waals surface area contributed by atoms with Crippen molar-refractivity contribution >= 4 is 12.1 Å². The van der Waals surface area contributed by atoms with Crippen LogP contribution in [0.4, 0.5) is 4.79 Å². The minimum atomic E-state index is -0.511. The molecule has 1 amide bonds. The van der Waals surface area contributed by atoms with Crippen molar-refractivity contribution in [2.45, 2.75) is 26.7 Å². The lowest BCUT2D eigenvalue weighted by molar-refractivity contribution is -0.138. The molecule has 6 nitrogen and oxygen atoms in total. The Morgan fingerprint density at radius 2 is 1.79 bits per heavy atom. The number of esters is 1. The van der Waals surface area contributed by atoms with E-state index in [1.54, 1.807) is 6.92 Å². The van der Waals surface area contributed by atoms with E-state index in [0.29, 0.717) is 25.4 Å². The SMILES string of the molecule is C=C(C)C(=O)OCCNC(=O)OCCCCOCC. The van der Waals surface area contributed by atoms with Crippen molar-refractivity contribution in [2.24, 2.45) is 0 Å². The van der Waals surface area contributed by atoms with Crippen LogP contribution in [0.3, 0.4) is 0 Å². The van der Waals surface area contributed by atoms with Crippen LogP contribution in [0, 0.1) is 0 Å². The van der Waals surface area contributed by atoms with Gasteiger partial charge in [0.25, 0.3) is 0 Å². The normalized spacial score (nSPS) is 9.79. The summed E-state index contributed by atoms with van der Waals surface area (Å²) in [6.45, 7) is 8.99. The highest BCUT2D eigenvalue weighted by Gasteiger charge is 2.04. The minimum absolute atomic E-state index is 0.102. The molecule has 0 unspecified atom stereocenters. The third-order valence-electron chi connectivity index (χ3n) is 2.07.